The van der Waals surface area contributed by atoms with Gasteiger partial charge in [-0.15, -0.1) is 24.8 Å². The summed E-state index contributed by atoms with van der Waals surface area (Å²) in [5.41, 5.74) is 3.12. The molecule has 1 aliphatic rings. The van der Waals surface area contributed by atoms with Crippen LogP contribution in [0.5, 0.6) is 0 Å². The van der Waals surface area contributed by atoms with E-state index in [1.165, 1.54) is 23.7 Å². The van der Waals surface area contributed by atoms with Crippen LogP contribution in [0, 0.1) is 5.82 Å². The quantitative estimate of drug-likeness (QED) is 0.344. The fourth-order valence-electron chi connectivity index (χ4n) is 3.04. The molecule has 1 fully saturated rings. The molecule has 1 amide bonds. The van der Waals surface area contributed by atoms with Gasteiger partial charge in [0.25, 0.3) is 5.91 Å². The third-order valence-corrected chi connectivity index (χ3v) is 4.60. The highest BCUT2D eigenvalue weighted by Crippen LogP contribution is 2.24. The zero-order valence-corrected chi connectivity index (χ0v) is 17.7. The number of pyridine rings is 1. The molecule has 1 aliphatic heterocycles. The zero-order valence-electron chi connectivity index (χ0n) is 15.3. The van der Waals surface area contributed by atoms with Crippen LogP contribution in [0.15, 0.2) is 42.6 Å². The Morgan fingerprint density at radius 1 is 1.38 bits per heavy atom. The molecule has 1 aromatic carbocycles. The van der Waals surface area contributed by atoms with Crippen molar-refractivity contribution in [3.05, 3.63) is 64.6 Å². The Labute approximate surface area is 185 Å². The van der Waals surface area contributed by atoms with Crippen LogP contribution in [-0.4, -0.2) is 40.1 Å². The molecule has 0 spiro atoms. The first-order valence-corrected chi connectivity index (χ1v) is 8.92. The van der Waals surface area contributed by atoms with Gasteiger partial charge in [0.15, 0.2) is 0 Å². The van der Waals surface area contributed by atoms with E-state index in [4.69, 9.17) is 16.8 Å². The monoisotopic (exact) mass is 462 g/mol. The molecule has 0 aliphatic carbocycles. The highest BCUT2D eigenvalue weighted by atomic mass is 35.5. The van der Waals surface area contributed by atoms with Crippen molar-refractivity contribution >= 4 is 54.2 Å². The fourth-order valence-corrected chi connectivity index (χ4v) is 3.27. The number of nitrogens with zero attached hydrogens (tertiary/aromatic N) is 2. The number of benzene rings is 1. The second-order valence-electron chi connectivity index (χ2n) is 6.40. The van der Waals surface area contributed by atoms with Crippen molar-refractivity contribution in [2.75, 3.05) is 18.4 Å². The van der Waals surface area contributed by atoms with Crippen LogP contribution in [-0.2, 0) is 11.3 Å². The first-order chi connectivity index (χ1) is 13.0. The molecule has 1 saturated heterocycles. The average Bonchev–Trinajstić information content (AvgIpc) is 3.08. The Morgan fingerprint density at radius 2 is 2.17 bits per heavy atom. The van der Waals surface area contributed by atoms with Gasteiger partial charge in [-0.25, -0.2) is 14.9 Å². The summed E-state index contributed by atoms with van der Waals surface area (Å²) in [6.45, 7) is 2.42. The predicted molar refractivity (Wildman–Crippen MR) is 116 cm³/mol. The number of aromatic nitrogens is 1. The topological polar surface area (TPSA) is 77.5 Å². The summed E-state index contributed by atoms with van der Waals surface area (Å²) in [5, 5.41) is 12.3. The Kier molecular flexibility index (Phi) is 10.4. The number of nitrogens with one attached hydrogen (secondary N) is 2. The Hall–Kier alpha value is -1.90. The number of carbonyl (C=O) groups is 1. The highest BCUT2D eigenvalue weighted by Gasteiger charge is 2.23. The maximum atomic E-state index is 13.3. The summed E-state index contributed by atoms with van der Waals surface area (Å²) in [6, 6.07) is 8.54. The zero-order chi connectivity index (χ0) is 19.2. The lowest BCUT2D eigenvalue weighted by atomic mass is 10.2. The van der Waals surface area contributed by atoms with Gasteiger partial charge in [0, 0.05) is 37.9 Å². The minimum atomic E-state index is -0.627. The number of hydrogen-bond acceptors (Lipinski definition) is 5. The molecule has 0 unspecified atom stereocenters. The standard InChI is InChI=1S/C19H20ClFN4O2.2ClH/c20-17-9-13(4-5-18(26)24-27)10-22-19(17)23-16-6-7-25(12-16)11-14-2-1-3-15(21)8-14;;/h1-5,8-10,16,27H,6-7,11-12H2,(H,22,23)(H,24,26);2*1H/b5-4+;;/t16-;;/m1../s1. The van der Waals surface area contributed by atoms with Crippen molar-refractivity contribution < 1.29 is 14.4 Å². The van der Waals surface area contributed by atoms with Gasteiger partial charge in [-0.05, 0) is 41.8 Å². The molecule has 2 heterocycles. The molecule has 1 aromatic heterocycles. The van der Waals surface area contributed by atoms with E-state index in [9.17, 15) is 9.18 Å². The third-order valence-electron chi connectivity index (χ3n) is 4.31. The minimum absolute atomic E-state index is 0. The number of hydroxylamine groups is 1. The molecular weight excluding hydrogens is 442 g/mol. The Bertz CT molecular complexity index is 854. The molecule has 10 heteroatoms. The van der Waals surface area contributed by atoms with E-state index >= 15 is 0 Å². The van der Waals surface area contributed by atoms with Gasteiger partial charge < -0.3 is 5.32 Å². The lowest BCUT2D eigenvalue weighted by Gasteiger charge is -2.17. The van der Waals surface area contributed by atoms with E-state index in [1.54, 1.807) is 24.4 Å². The summed E-state index contributed by atoms with van der Waals surface area (Å²) < 4.78 is 13.3. The van der Waals surface area contributed by atoms with E-state index in [0.717, 1.165) is 25.1 Å². The SMILES string of the molecule is Cl.Cl.O=C(/C=C/c1cnc(N[C@@H]2CCN(Cc3cccc(F)c3)C2)c(Cl)c1)NO. The van der Waals surface area contributed by atoms with Crippen LogP contribution in [0.2, 0.25) is 5.02 Å². The number of likely N-dealkylation sites (tertiary alicyclic amines) is 1. The smallest absolute Gasteiger partial charge is 0.267 e. The van der Waals surface area contributed by atoms with Crippen molar-refractivity contribution in [3.8, 4) is 0 Å². The van der Waals surface area contributed by atoms with E-state index in [2.05, 4.69) is 15.2 Å². The maximum Gasteiger partial charge on any atom is 0.267 e. The van der Waals surface area contributed by atoms with Crippen LogP contribution in [0.25, 0.3) is 6.08 Å². The molecule has 0 radical (unpaired) electrons. The maximum absolute atomic E-state index is 13.3. The number of carbonyl (C=O) groups excluding carboxylic acids is 1. The summed E-state index contributed by atoms with van der Waals surface area (Å²) in [7, 11) is 0. The fraction of sp³-hybridized carbons (Fsp3) is 0.263. The molecule has 3 rings (SSSR count). The van der Waals surface area contributed by atoms with E-state index in [0.29, 0.717) is 22.9 Å². The molecule has 0 saturated carbocycles. The second-order valence-corrected chi connectivity index (χ2v) is 6.81. The van der Waals surface area contributed by atoms with E-state index < -0.39 is 5.91 Å². The van der Waals surface area contributed by atoms with Crippen LogP contribution in [0.1, 0.15) is 17.5 Å². The number of rotatable bonds is 6. The first-order valence-electron chi connectivity index (χ1n) is 8.54. The van der Waals surface area contributed by atoms with Crippen molar-refractivity contribution in [2.45, 2.75) is 19.0 Å². The lowest BCUT2D eigenvalue weighted by Crippen LogP contribution is -2.26. The Morgan fingerprint density at radius 3 is 2.86 bits per heavy atom. The molecule has 158 valence electrons. The number of anilines is 1. The summed E-state index contributed by atoms with van der Waals surface area (Å²) in [5.74, 6) is -0.265. The van der Waals surface area contributed by atoms with Crippen LogP contribution < -0.4 is 10.8 Å². The molecule has 1 atom stereocenters. The van der Waals surface area contributed by atoms with Crippen molar-refractivity contribution in [1.82, 2.24) is 15.4 Å². The van der Waals surface area contributed by atoms with Gasteiger partial charge in [-0.2, -0.15) is 0 Å². The van der Waals surface area contributed by atoms with Crippen molar-refractivity contribution in [3.63, 3.8) is 0 Å². The van der Waals surface area contributed by atoms with Crippen LogP contribution in [0.4, 0.5) is 10.2 Å². The van der Waals surface area contributed by atoms with Gasteiger partial charge in [0.2, 0.25) is 0 Å². The van der Waals surface area contributed by atoms with Crippen LogP contribution >= 0.6 is 36.4 Å². The predicted octanol–water partition coefficient (Wildman–Crippen LogP) is 3.92. The van der Waals surface area contributed by atoms with Gasteiger partial charge in [0.1, 0.15) is 11.6 Å². The van der Waals surface area contributed by atoms with Gasteiger partial charge in [-0.1, -0.05) is 23.7 Å². The number of hydrogen-bond donors (Lipinski definition) is 3. The number of amides is 1. The molecule has 0 bridgehead atoms. The van der Waals surface area contributed by atoms with Gasteiger partial charge >= 0.3 is 0 Å². The first kappa shape index (κ1) is 25.1. The Balaban J connectivity index is 0.00000210. The normalized spacial score (nSPS) is 16.2. The highest BCUT2D eigenvalue weighted by molar-refractivity contribution is 6.33. The summed E-state index contributed by atoms with van der Waals surface area (Å²) >= 11 is 6.28. The molecule has 29 heavy (non-hydrogen) atoms. The summed E-state index contributed by atoms with van der Waals surface area (Å²) in [4.78, 5) is 17.6. The molecule has 2 aromatic rings. The largest absolute Gasteiger partial charge is 0.365 e. The molecule has 6 nitrogen and oxygen atoms in total. The van der Waals surface area contributed by atoms with Crippen LogP contribution in [0.3, 0.4) is 0 Å². The molecular formula is C19H22Cl3FN4O2. The second kappa shape index (κ2) is 11.9. The van der Waals surface area contributed by atoms with Crippen molar-refractivity contribution in [1.29, 1.82) is 0 Å². The third kappa shape index (κ3) is 7.45. The molecule has 3 N–H and O–H groups in total. The number of halogens is 4. The minimum Gasteiger partial charge on any atom is -0.365 e. The van der Waals surface area contributed by atoms with Gasteiger partial charge in [-0.3, -0.25) is 14.9 Å². The summed E-state index contributed by atoms with van der Waals surface area (Å²) in [6.07, 6.45) is 5.21. The van der Waals surface area contributed by atoms with Crippen molar-refractivity contribution in [2.24, 2.45) is 0 Å². The van der Waals surface area contributed by atoms with E-state index in [1.807, 2.05) is 6.07 Å². The van der Waals surface area contributed by atoms with E-state index in [-0.39, 0.29) is 36.7 Å². The average molecular weight is 464 g/mol. The van der Waals surface area contributed by atoms with Gasteiger partial charge in [0.05, 0.1) is 5.02 Å². The lowest BCUT2D eigenvalue weighted by molar-refractivity contribution is -0.124.